The third-order valence-electron chi connectivity index (χ3n) is 2.66. The normalized spacial score (nSPS) is 23.6. The van der Waals surface area contributed by atoms with Crippen molar-refractivity contribution in [3.8, 4) is 0 Å². The highest BCUT2D eigenvalue weighted by Gasteiger charge is 2.29. The summed E-state index contributed by atoms with van der Waals surface area (Å²) in [6, 6.07) is 0. The zero-order chi connectivity index (χ0) is 12.7. The van der Waals surface area contributed by atoms with Crippen LogP contribution in [0, 0.1) is 0 Å². The van der Waals surface area contributed by atoms with Gasteiger partial charge in [0.05, 0.1) is 6.10 Å². The average Bonchev–Trinajstić information content (AvgIpc) is 2.73. The Hall–Kier alpha value is -1.14. The minimum atomic E-state index is -0.894. The Kier molecular flexibility index (Phi) is 5.93. The molecule has 0 aromatic carbocycles. The van der Waals surface area contributed by atoms with Crippen LogP contribution in [0.4, 0.5) is 0 Å². The number of hydrogen-bond acceptors (Lipinski definition) is 4. The van der Waals surface area contributed by atoms with Crippen molar-refractivity contribution in [2.24, 2.45) is 0 Å². The number of rotatable bonds is 7. The molecule has 98 valence electrons. The van der Waals surface area contributed by atoms with Crippen LogP contribution in [-0.2, 0) is 14.3 Å². The van der Waals surface area contributed by atoms with Crippen molar-refractivity contribution >= 4 is 11.9 Å². The summed E-state index contributed by atoms with van der Waals surface area (Å²) in [4.78, 5) is 21.8. The lowest BCUT2D eigenvalue weighted by atomic mass is 10.2. The first-order valence-electron chi connectivity index (χ1n) is 5.99. The molecule has 0 spiro atoms. The molecule has 3 N–H and O–H groups in total. The second-order valence-electron chi connectivity index (χ2n) is 4.07. The number of nitrogens with one attached hydrogen (secondary N) is 2. The molecule has 1 saturated heterocycles. The highest BCUT2D eigenvalue weighted by Crippen LogP contribution is 2.18. The highest BCUT2D eigenvalue weighted by molar-refractivity contribution is 5.75. The number of carbonyl (C=O) groups excluding carboxylic acids is 1. The van der Waals surface area contributed by atoms with Gasteiger partial charge in [-0.3, -0.25) is 4.79 Å². The highest BCUT2D eigenvalue weighted by atomic mass is 16.5. The summed E-state index contributed by atoms with van der Waals surface area (Å²) in [6.45, 7) is 3.71. The standard InChI is InChI=1S/C11H20N2O4/c1-2-13-10(14)5-6-12-7-8-3-4-9(17-8)11(15)16/h8-9,12H,2-7H2,1H3,(H,13,14)(H,15,16). The molecule has 6 nitrogen and oxygen atoms in total. The predicted octanol–water partition coefficient (Wildman–Crippen LogP) is -0.266. The van der Waals surface area contributed by atoms with E-state index in [9.17, 15) is 9.59 Å². The van der Waals surface area contributed by atoms with E-state index in [0.717, 1.165) is 6.42 Å². The van der Waals surface area contributed by atoms with Gasteiger partial charge in [0.15, 0.2) is 6.10 Å². The summed E-state index contributed by atoms with van der Waals surface area (Å²) in [7, 11) is 0. The molecule has 1 aliphatic rings. The topological polar surface area (TPSA) is 87.7 Å². The van der Waals surface area contributed by atoms with Crippen LogP contribution >= 0.6 is 0 Å². The molecule has 0 radical (unpaired) electrons. The molecule has 17 heavy (non-hydrogen) atoms. The van der Waals surface area contributed by atoms with Crippen molar-refractivity contribution in [1.82, 2.24) is 10.6 Å². The molecule has 1 fully saturated rings. The molecule has 0 aromatic rings. The van der Waals surface area contributed by atoms with Crippen LogP contribution in [0.15, 0.2) is 0 Å². The Morgan fingerprint density at radius 2 is 2.18 bits per heavy atom. The van der Waals surface area contributed by atoms with E-state index in [4.69, 9.17) is 9.84 Å². The maximum Gasteiger partial charge on any atom is 0.332 e. The van der Waals surface area contributed by atoms with Gasteiger partial charge in [0.1, 0.15) is 0 Å². The summed E-state index contributed by atoms with van der Waals surface area (Å²) < 4.78 is 5.31. The monoisotopic (exact) mass is 244 g/mol. The Balaban J connectivity index is 2.04. The molecule has 0 aliphatic carbocycles. The van der Waals surface area contributed by atoms with Crippen molar-refractivity contribution in [3.63, 3.8) is 0 Å². The lowest BCUT2D eigenvalue weighted by Crippen LogP contribution is -2.32. The van der Waals surface area contributed by atoms with E-state index in [2.05, 4.69) is 10.6 Å². The smallest absolute Gasteiger partial charge is 0.332 e. The SMILES string of the molecule is CCNC(=O)CCNCC1CCC(C(=O)O)O1. The fourth-order valence-corrected chi connectivity index (χ4v) is 1.79. The second kappa shape index (κ2) is 7.24. The van der Waals surface area contributed by atoms with Gasteiger partial charge in [0.2, 0.25) is 5.91 Å². The van der Waals surface area contributed by atoms with Gasteiger partial charge in [0.25, 0.3) is 0 Å². The summed E-state index contributed by atoms with van der Waals surface area (Å²) in [5, 5.41) is 14.5. The molecular formula is C11H20N2O4. The third kappa shape index (κ3) is 5.14. The van der Waals surface area contributed by atoms with E-state index in [0.29, 0.717) is 32.5 Å². The molecule has 6 heteroatoms. The Bertz CT molecular complexity index is 270. The zero-order valence-corrected chi connectivity index (χ0v) is 10.1. The van der Waals surface area contributed by atoms with E-state index in [1.165, 1.54) is 0 Å². The van der Waals surface area contributed by atoms with Crippen LogP contribution in [0.2, 0.25) is 0 Å². The molecule has 0 saturated carbocycles. The van der Waals surface area contributed by atoms with E-state index in [1.54, 1.807) is 0 Å². The van der Waals surface area contributed by atoms with Gasteiger partial charge in [-0.05, 0) is 19.8 Å². The number of carboxylic acid groups (broad SMARTS) is 1. The van der Waals surface area contributed by atoms with Crippen molar-refractivity contribution in [2.75, 3.05) is 19.6 Å². The summed E-state index contributed by atoms with van der Waals surface area (Å²) >= 11 is 0. The number of aliphatic carboxylic acids is 1. The number of hydrogen-bond donors (Lipinski definition) is 3. The van der Waals surface area contributed by atoms with Crippen molar-refractivity contribution < 1.29 is 19.4 Å². The Morgan fingerprint density at radius 1 is 1.41 bits per heavy atom. The third-order valence-corrected chi connectivity index (χ3v) is 2.66. The summed E-state index contributed by atoms with van der Waals surface area (Å²) in [5.41, 5.74) is 0. The predicted molar refractivity (Wildman–Crippen MR) is 61.7 cm³/mol. The molecule has 1 rings (SSSR count). The first-order valence-corrected chi connectivity index (χ1v) is 5.99. The number of carboxylic acids is 1. The fourth-order valence-electron chi connectivity index (χ4n) is 1.79. The van der Waals surface area contributed by atoms with Crippen molar-refractivity contribution in [2.45, 2.75) is 38.4 Å². The van der Waals surface area contributed by atoms with Crippen LogP contribution in [-0.4, -0.2) is 48.8 Å². The molecule has 0 aromatic heterocycles. The maximum absolute atomic E-state index is 11.1. The second-order valence-corrected chi connectivity index (χ2v) is 4.07. The molecule has 2 atom stereocenters. The number of amides is 1. The van der Waals surface area contributed by atoms with E-state index >= 15 is 0 Å². The van der Waals surface area contributed by atoms with Gasteiger partial charge in [-0.1, -0.05) is 0 Å². The minimum absolute atomic E-state index is 0.0238. The van der Waals surface area contributed by atoms with Gasteiger partial charge in [-0.2, -0.15) is 0 Å². The van der Waals surface area contributed by atoms with E-state index in [-0.39, 0.29) is 12.0 Å². The lowest BCUT2D eigenvalue weighted by Gasteiger charge is -2.12. The van der Waals surface area contributed by atoms with Crippen molar-refractivity contribution in [3.05, 3.63) is 0 Å². The average molecular weight is 244 g/mol. The summed E-state index contributed by atoms with van der Waals surface area (Å²) in [6.07, 6.45) is 1.04. The van der Waals surface area contributed by atoms with Crippen LogP contribution in [0.5, 0.6) is 0 Å². The van der Waals surface area contributed by atoms with E-state index in [1.807, 2.05) is 6.92 Å². The zero-order valence-electron chi connectivity index (χ0n) is 10.1. The molecule has 2 unspecified atom stereocenters. The maximum atomic E-state index is 11.1. The van der Waals surface area contributed by atoms with Gasteiger partial charge in [-0.15, -0.1) is 0 Å². The van der Waals surface area contributed by atoms with Crippen LogP contribution in [0.1, 0.15) is 26.2 Å². The van der Waals surface area contributed by atoms with Gasteiger partial charge < -0.3 is 20.5 Å². The largest absolute Gasteiger partial charge is 0.479 e. The van der Waals surface area contributed by atoms with Gasteiger partial charge in [0, 0.05) is 26.1 Å². The first kappa shape index (κ1) is 13.9. The lowest BCUT2D eigenvalue weighted by molar-refractivity contribution is -0.149. The summed E-state index contributed by atoms with van der Waals surface area (Å²) in [5.74, 6) is -0.870. The van der Waals surface area contributed by atoms with E-state index < -0.39 is 12.1 Å². The Labute approximate surface area is 101 Å². The molecule has 1 amide bonds. The number of ether oxygens (including phenoxy) is 1. The number of carbonyl (C=O) groups is 2. The van der Waals surface area contributed by atoms with Gasteiger partial charge in [-0.25, -0.2) is 4.79 Å². The molecule has 1 heterocycles. The van der Waals surface area contributed by atoms with Crippen LogP contribution in [0.25, 0.3) is 0 Å². The van der Waals surface area contributed by atoms with Crippen LogP contribution < -0.4 is 10.6 Å². The molecular weight excluding hydrogens is 224 g/mol. The van der Waals surface area contributed by atoms with Crippen molar-refractivity contribution in [1.29, 1.82) is 0 Å². The first-order chi connectivity index (χ1) is 8.13. The quantitative estimate of drug-likeness (QED) is 0.537. The fraction of sp³-hybridized carbons (Fsp3) is 0.818. The molecule has 1 aliphatic heterocycles. The minimum Gasteiger partial charge on any atom is -0.479 e. The van der Waals surface area contributed by atoms with Crippen LogP contribution in [0.3, 0.4) is 0 Å². The van der Waals surface area contributed by atoms with Gasteiger partial charge >= 0.3 is 5.97 Å². The Morgan fingerprint density at radius 3 is 2.76 bits per heavy atom. The molecule has 0 bridgehead atoms.